The Kier molecular flexibility index (Phi) is 7.96. The van der Waals surface area contributed by atoms with Crippen LogP contribution in [0.1, 0.15) is 16.7 Å². The quantitative estimate of drug-likeness (QED) is 0.153. The zero-order valence-corrected chi connectivity index (χ0v) is 27.7. The molecule has 0 saturated carbocycles. The van der Waals surface area contributed by atoms with Crippen molar-refractivity contribution in [3.63, 3.8) is 0 Å². The number of hydrogen-bond acceptors (Lipinski definition) is 2. The minimum absolute atomic E-state index is 0.494. The first-order chi connectivity index (χ1) is 21.6. The highest BCUT2D eigenvalue weighted by Crippen LogP contribution is 2.72. The third-order valence-corrected chi connectivity index (χ3v) is 19.6. The van der Waals surface area contributed by atoms with Crippen molar-refractivity contribution in [1.29, 1.82) is 0 Å². The van der Waals surface area contributed by atoms with Crippen LogP contribution in [0.4, 0.5) is 0 Å². The van der Waals surface area contributed by atoms with Gasteiger partial charge in [0.15, 0.2) is 0 Å². The van der Waals surface area contributed by atoms with E-state index >= 15 is 0 Å². The summed E-state index contributed by atoms with van der Waals surface area (Å²) in [5.74, 6) is 0. The van der Waals surface area contributed by atoms with Crippen LogP contribution in [0.5, 0.6) is 0 Å². The molecule has 1 atom stereocenters. The molecule has 0 aliphatic heterocycles. The van der Waals surface area contributed by atoms with Crippen LogP contribution < -0.4 is 21.2 Å². The normalized spacial score (nSPS) is 16.2. The highest BCUT2D eigenvalue weighted by molar-refractivity contribution is 8.27. The van der Waals surface area contributed by atoms with Gasteiger partial charge in [-0.15, -0.1) is 0 Å². The zero-order chi connectivity index (χ0) is 30.0. The second-order valence-electron chi connectivity index (χ2n) is 11.2. The third kappa shape index (κ3) is 4.73. The lowest BCUT2D eigenvalue weighted by Gasteiger charge is -2.42. The highest BCUT2D eigenvalue weighted by Gasteiger charge is 2.52. The van der Waals surface area contributed by atoms with Crippen LogP contribution in [0.2, 0.25) is 0 Å². The van der Waals surface area contributed by atoms with E-state index in [1.807, 2.05) is 0 Å². The van der Waals surface area contributed by atoms with Gasteiger partial charge in [-0.05, 0) is 49.6 Å². The molecule has 0 spiro atoms. The second kappa shape index (κ2) is 12.0. The Morgan fingerprint density at radius 3 is 1.30 bits per heavy atom. The minimum Gasteiger partial charge on any atom is -0.0863 e. The van der Waals surface area contributed by atoms with E-state index in [9.17, 15) is 0 Å². The molecule has 214 valence electrons. The first kappa shape index (κ1) is 29.1. The van der Waals surface area contributed by atoms with E-state index in [-0.39, 0.29) is 0 Å². The summed E-state index contributed by atoms with van der Waals surface area (Å²) in [5.41, 5.74) is 3.80. The molecule has 0 saturated heterocycles. The Labute approximate surface area is 271 Å². The first-order valence-electron chi connectivity index (χ1n) is 14.9. The summed E-state index contributed by atoms with van der Waals surface area (Å²) in [6, 6.07) is 58.0. The topological polar surface area (TPSA) is 0 Å². The average molecular weight is 639 g/mol. The van der Waals surface area contributed by atoms with Crippen LogP contribution in [-0.4, -0.2) is 0 Å². The molecule has 0 bridgehead atoms. The number of rotatable bonds is 8. The lowest BCUT2D eigenvalue weighted by molar-refractivity contribution is 0.767. The summed E-state index contributed by atoms with van der Waals surface area (Å²) in [6.07, 6.45) is 3.35. The molecule has 1 unspecified atom stereocenters. The third-order valence-electron chi connectivity index (χ3n) is 8.74. The van der Waals surface area contributed by atoms with Crippen LogP contribution >= 0.6 is 12.1 Å². The van der Waals surface area contributed by atoms with Gasteiger partial charge in [-0.25, -0.2) is 0 Å². The van der Waals surface area contributed by atoms with Crippen molar-refractivity contribution in [2.45, 2.75) is 11.6 Å². The molecule has 0 aromatic heterocycles. The van der Waals surface area contributed by atoms with E-state index in [4.69, 9.17) is 23.6 Å². The van der Waals surface area contributed by atoms with Crippen LogP contribution in [0.3, 0.4) is 0 Å². The van der Waals surface area contributed by atoms with Crippen LogP contribution in [0, 0.1) is 0 Å². The predicted octanol–water partition coefficient (Wildman–Crippen LogP) is 8.74. The molecule has 1 aliphatic carbocycles. The van der Waals surface area contributed by atoms with Crippen molar-refractivity contribution in [2.24, 2.45) is 0 Å². The minimum atomic E-state index is -2.56. The fourth-order valence-electron chi connectivity index (χ4n) is 6.74. The van der Waals surface area contributed by atoms with E-state index in [1.54, 1.807) is 0 Å². The summed E-state index contributed by atoms with van der Waals surface area (Å²) in [6.45, 7) is 0. The fourth-order valence-corrected chi connectivity index (χ4v) is 16.0. The molecular weight excluding hydrogens is 607 g/mol. The molecule has 0 amide bonds. The summed E-state index contributed by atoms with van der Waals surface area (Å²) in [7, 11) is 0. The highest BCUT2D eigenvalue weighted by atomic mass is 32.4. The molecule has 6 aromatic rings. The molecular formula is C40H32P2S2. The maximum atomic E-state index is 7.24. The van der Waals surface area contributed by atoms with Crippen LogP contribution in [-0.2, 0) is 35.2 Å². The zero-order valence-electron chi connectivity index (χ0n) is 24.2. The Bertz CT molecular complexity index is 1940. The Hall–Kier alpha value is -3.64. The SMILES string of the molecule is S=P(C1=CC(Cc2ccccc2)(P(=S)(c2ccccc2)c2ccccc2)c2ccccc21)(c1ccccc1)c1ccccc1. The van der Waals surface area contributed by atoms with E-state index in [1.165, 1.54) is 43.2 Å². The van der Waals surface area contributed by atoms with Crippen molar-refractivity contribution >= 4 is 62.2 Å². The lowest BCUT2D eigenvalue weighted by atomic mass is 9.92. The molecule has 7 rings (SSSR count). The number of hydrogen-bond donors (Lipinski definition) is 0. The van der Waals surface area contributed by atoms with Crippen molar-refractivity contribution in [3.05, 3.63) is 199 Å². The lowest BCUT2D eigenvalue weighted by Crippen LogP contribution is -2.35. The van der Waals surface area contributed by atoms with Crippen LogP contribution in [0.15, 0.2) is 182 Å². The maximum absolute atomic E-state index is 7.24. The van der Waals surface area contributed by atoms with Gasteiger partial charge in [0, 0.05) is 12.1 Å². The van der Waals surface area contributed by atoms with Gasteiger partial charge in [0.25, 0.3) is 0 Å². The Morgan fingerprint density at radius 1 is 0.432 bits per heavy atom. The van der Waals surface area contributed by atoms with Gasteiger partial charge in [-0.2, -0.15) is 0 Å². The van der Waals surface area contributed by atoms with Gasteiger partial charge in [0.05, 0.1) is 5.16 Å². The van der Waals surface area contributed by atoms with E-state index < -0.39 is 17.2 Å². The molecule has 4 heteroatoms. The average Bonchev–Trinajstić information content (AvgIpc) is 3.45. The van der Waals surface area contributed by atoms with Gasteiger partial charge >= 0.3 is 0 Å². The van der Waals surface area contributed by atoms with E-state index in [0.717, 1.165) is 6.42 Å². The summed E-state index contributed by atoms with van der Waals surface area (Å²) in [4.78, 5) is 0. The molecule has 0 radical (unpaired) electrons. The number of benzene rings is 6. The standard InChI is InChI=1S/C40H32P2S2/c43-41(33-20-8-2-9-21-33,34-22-10-3-11-23-34)39-31-40(30-32-18-6-1-7-19-32,38-29-17-16-28-37(38)39)42(44,35-24-12-4-13-25-35)36-26-14-5-15-27-36/h1-29,31H,30H2. The van der Waals surface area contributed by atoms with E-state index in [0.29, 0.717) is 0 Å². The molecule has 0 nitrogen and oxygen atoms in total. The monoisotopic (exact) mass is 638 g/mol. The maximum Gasteiger partial charge on any atom is 0.0555 e. The van der Waals surface area contributed by atoms with Gasteiger partial charge in [0.1, 0.15) is 0 Å². The molecule has 6 aromatic carbocycles. The number of allylic oxidation sites excluding steroid dienone is 1. The molecule has 44 heavy (non-hydrogen) atoms. The Morgan fingerprint density at radius 2 is 0.818 bits per heavy atom. The molecule has 0 fully saturated rings. The smallest absolute Gasteiger partial charge is 0.0555 e. The van der Waals surface area contributed by atoms with Gasteiger partial charge < -0.3 is 0 Å². The largest absolute Gasteiger partial charge is 0.0863 e. The van der Waals surface area contributed by atoms with Crippen molar-refractivity contribution in [1.82, 2.24) is 0 Å². The van der Waals surface area contributed by atoms with Gasteiger partial charge in [0.2, 0.25) is 0 Å². The van der Waals surface area contributed by atoms with Crippen LogP contribution in [0.25, 0.3) is 5.31 Å². The van der Waals surface area contributed by atoms with Gasteiger partial charge in [-0.1, -0.05) is 206 Å². The van der Waals surface area contributed by atoms with Crippen molar-refractivity contribution in [2.75, 3.05) is 0 Å². The molecule has 0 N–H and O–H groups in total. The second-order valence-corrected chi connectivity index (χ2v) is 20.3. The molecule has 1 aliphatic rings. The van der Waals surface area contributed by atoms with E-state index in [2.05, 4.69) is 182 Å². The van der Waals surface area contributed by atoms with Crippen molar-refractivity contribution in [3.8, 4) is 0 Å². The fraction of sp³-hybridized carbons (Fsp3) is 0.0500. The Balaban J connectivity index is 1.63. The van der Waals surface area contributed by atoms with Gasteiger partial charge in [-0.3, -0.25) is 0 Å². The summed E-state index contributed by atoms with van der Waals surface area (Å²) in [5, 5.41) is 5.59. The summed E-state index contributed by atoms with van der Waals surface area (Å²) >= 11 is 14.3. The van der Waals surface area contributed by atoms with Crippen molar-refractivity contribution < 1.29 is 0 Å². The molecule has 0 heterocycles. The number of fused-ring (bicyclic) bond motifs is 1. The summed E-state index contributed by atoms with van der Waals surface area (Å²) < 4.78 is 0. The predicted molar refractivity (Wildman–Crippen MR) is 199 cm³/mol. The first-order valence-corrected chi connectivity index (χ1v) is 20.5.